The lowest BCUT2D eigenvalue weighted by molar-refractivity contribution is 0.188. The molecular weight excluding hydrogens is 1120 g/mol. The maximum atomic E-state index is 2.89. The van der Waals surface area contributed by atoms with Gasteiger partial charge in [0.25, 0.3) is 6.71 Å². The van der Waals surface area contributed by atoms with Gasteiger partial charge in [-0.1, -0.05) is 204 Å². The fourth-order valence-corrected chi connectivity index (χ4v) is 19.4. The monoisotopic (exact) mass is 1210 g/mol. The van der Waals surface area contributed by atoms with Crippen molar-refractivity contribution in [2.24, 2.45) is 0 Å². The Morgan fingerprint density at radius 1 is 0.385 bits per heavy atom. The number of aromatic nitrogens is 1. The molecular formula is C86H96BN3S. The normalized spacial score (nSPS) is 21.6. The van der Waals surface area contributed by atoms with Gasteiger partial charge in [0, 0.05) is 53.9 Å². The molecule has 91 heavy (non-hydrogen) atoms. The number of fused-ring (bicyclic) bond motifs is 13. The van der Waals surface area contributed by atoms with Crippen LogP contribution in [0.3, 0.4) is 0 Å². The van der Waals surface area contributed by atoms with Crippen molar-refractivity contribution >= 4 is 99.8 Å². The summed E-state index contributed by atoms with van der Waals surface area (Å²) in [5.74, 6) is 0. The fourth-order valence-electron chi connectivity index (χ4n) is 18.1. The molecule has 0 radical (unpaired) electrons. The summed E-state index contributed by atoms with van der Waals surface area (Å²) in [6, 6.07) is 57.7. The van der Waals surface area contributed by atoms with E-state index in [0.717, 1.165) is 25.7 Å². The number of benzene rings is 8. The van der Waals surface area contributed by atoms with Gasteiger partial charge in [0.2, 0.25) is 0 Å². The van der Waals surface area contributed by atoms with Gasteiger partial charge >= 0.3 is 0 Å². The molecule has 4 heterocycles. The Hall–Kier alpha value is -6.82. The highest BCUT2D eigenvalue weighted by molar-refractivity contribution is 7.33. The summed E-state index contributed by atoms with van der Waals surface area (Å²) in [6.07, 6.45) is 9.61. The summed E-state index contributed by atoms with van der Waals surface area (Å²) in [5, 5.41) is 3.99. The van der Waals surface area contributed by atoms with Gasteiger partial charge in [0.1, 0.15) is 0 Å². The van der Waals surface area contributed by atoms with Gasteiger partial charge in [-0.15, -0.1) is 11.3 Å². The fraction of sp³-hybridized carbons (Fsp3) is 0.419. The highest BCUT2D eigenvalue weighted by Crippen LogP contribution is 2.61. The molecule has 2 aliphatic heterocycles. The second-order valence-corrected chi connectivity index (χ2v) is 36.8. The van der Waals surface area contributed by atoms with Crippen LogP contribution in [0.15, 0.2) is 140 Å². The molecule has 0 unspecified atom stereocenters. The average molecular weight is 1210 g/mol. The first-order valence-corrected chi connectivity index (χ1v) is 35.5. The van der Waals surface area contributed by atoms with Gasteiger partial charge in [-0.3, -0.25) is 0 Å². The van der Waals surface area contributed by atoms with Gasteiger partial charge in [-0.25, -0.2) is 0 Å². The lowest BCUT2D eigenvalue weighted by Gasteiger charge is -2.52. The molecule has 2 bridgehead atoms. The average Bonchev–Trinajstić information content (AvgIpc) is 1.67. The molecule has 10 aromatic rings. The second-order valence-electron chi connectivity index (χ2n) is 35.7. The Kier molecular flexibility index (Phi) is 12.3. The van der Waals surface area contributed by atoms with E-state index in [4.69, 9.17) is 0 Å². The van der Waals surface area contributed by atoms with E-state index in [9.17, 15) is 0 Å². The van der Waals surface area contributed by atoms with E-state index in [1.165, 1.54) is 163 Å². The molecule has 0 atom stereocenters. The van der Waals surface area contributed by atoms with Crippen LogP contribution in [0.2, 0.25) is 0 Å². The van der Waals surface area contributed by atoms with Crippen LogP contribution < -0.4 is 25.5 Å². The van der Waals surface area contributed by atoms with Crippen molar-refractivity contribution < 1.29 is 0 Å². The summed E-state index contributed by atoms with van der Waals surface area (Å²) in [7, 11) is 0. The van der Waals surface area contributed by atoms with Crippen LogP contribution in [-0.2, 0) is 48.7 Å². The first-order valence-electron chi connectivity index (χ1n) is 34.7. The van der Waals surface area contributed by atoms with Crippen molar-refractivity contribution in [2.75, 3.05) is 9.80 Å². The highest BCUT2D eigenvalue weighted by atomic mass is 32.1. The van der Waals surface area contributed by atoms with E-state index in [-0.39, 0.29) is 55.4 Å². The second kappa shape index (κ2) is 19.0. The zero-order valence-electron chi connectivity index (χ0n) is 58.3. The largest absolute Gasteiger partial charge is 0.311 e. The van der Waals surface area contributed by atoms with E-state index in [1.807, 2.05) is 0 Å². The minimum absolute atomic E-state index is 0.00158. The summed E-state index contributed by atoms with van der Waals surface area (Å²) in [5.41, 5.74) is 30.2. The molecule has 17 rings (SSSR count). The Bertz CT molecular complexity index is 4670. The molecule has 2 aromatic heterocycles. The summed E-state index contributed by atoms with van der Waals surface area (Å²) in [6.45, 7) is 46.6. The molecule has 1 fully saturated rings. The minimum Gasteiger partial charge on any atom is -0.311 e. The Labute approximate surface area is 548 Å². The molecule has 0 N–H and O–H groups in total. The number of rotatable bonds is 4. The van der Waals surface area contributed by atoms with Crippen LogP contribution in [0.25, 0.3) is 48.7 Å². The lowest BCUT2D eigenvalue weighted by Crippen LogP contribution is -2.61. The maximum absolute atomic E-state index is 2.89. The number of anilines is 6. The summed E-state index contributed by atoms with van der Waals surface area (Å²) < 4.78 is 5.59. The Balaban J connectivity index is 1.13. The van der Waals surface area contributed by atoms with Crippen molar-refractivity contribution in [3.8, 4) is 16.8 Å². The molecule has 0 spiro atoms. The SMILES string of the molecule is CC(C)(C)c1ccc(N2c3cc4c(cc3B3c5sc6cc7c(cc6c5N(c5cc6c(cc5-c5ccccc5)C(C)(C)CCC6(C)C)c5cc(-n6c8cc(C(C)(C)C)ccc8c8ccc(C(C)(C)C)cc86)cc2c53)C2(C)CCC7(C)CC2)C(C)(C)CCC4(C)C)cc1. The van der Waals surface area contributed by atoms with Gasteiger partial charge in [0.15, 0.2) is 0 Å². The minimum atomic E-state index is -0.0641. The summed E-state index contributed by atoms with van der Waals surface area (Å²) in [4.78, 5) is 5.63. The zero-order chi connectivity index (χ0) is 64.0. The lowest BCUT2D eigenvalue weighted by atomic mass is 9.35. The van der Waals surface area contributed by atoms with Gasteiger partial charge in [0.05, 0.1) is 28.1 Å². The van der Waals surface area contributed by atoms with Gasteiger partial charge in [-0.2, -0.15) is 0 Å². The molecule has 464 valence electrons. The third-order valence-electron chi connectivity index (χ3n) is 24.6. The van der Waals surface area contributed by atoms with Crippen molar-refractivity contribution in [3.05, 3.63) is 190 Å². The first kappa shape index (κ1) is 59.2. The molecule has 3 nitrogen and oxygen atoms in total. The maximum Gasteiger partial charge on any atom is 0.264 e. The molecule has 0 amide bonds. The van der Waals surface area contributed by atoms with E-state index in [0.29, 0.717) is 0 Å². The van der Waals surface area contributed by atoms with E-state index in [1.54, 1.807) is 11.1 Å². The van der Waals surface area contributed by atoms with Crippen molar-refractivity contribution in [3.63, 3.8) is 0 Å². The highest BCUT2D eigenvalue weighted by Gasteiger charge is 2.52. The van der Waals surface area contributed by atoms with Crippen LogP contribution >= 0.6 is 11.3 Å². The molecule has 5 aliphatic carbocycles. The first-order chi connectivity index (χ1) is 42.7. The predicted octanol–water partition coefficient (Wildman–Crippen LogP) is 22.4. The number of hydrogen-bond acceptors (Lipinski definition) is 3. The quantitative estimate of drug-likeness (QED) is 0.163. The Morgan fingerprint density at radius 3 is 1.36 bits per heavy atom. The standard InChI is InChI=1S/C86H96BN3S/c1-78(2,3)52-25-29-55(30-26-52)88-71-49-64-62(82(12,13)34-36-84(64,16)17)47-67(71)87-75-72(88)43-56(89-68-41-53(79(4,5)6)27-31-57(68)58-32-28-54(42-69(58)89)80(7,8)9)44-73(75)90(76-60-46-65-66(50-74(60)91-77(76)87)86(19)39-37-85(65,18)38-40-86)70-48-63-61(81(10,11)33-35-83(63,14)15)45-59(70)51-23-21-20-22-24-51/h20-32,41-50H,33-40H2,1-19H3. The number of hydrogen-bond donors (Lipinski definition) is 0. The number of nitrogens with zero attached hydrogens (tertiary/aromatic N) is 3. The van der Waals surface area contributed by atoms with Crippen LogP contribution in [0.5, 0.6) is 0 Å². The third kappa shape index (κ3) is 8.69. The van der Waals surface area contributed by atoms with Crippen LogP contribution in [0.4, 0.5) is 34.1 Å². The van der Waals surface area contributed by atoms with E-state index in [2.05, 4.69) is 297 Å². The van der Waals surface area contributed by atoms with E-state index < -0.39 is 0 Å². The zero-order valence-corrected chi connectivity index (χ0v) is 59.1. The van der Waals surface area contributed by atoms with Gasteiger partial charge < -0.3 is 14.4 Å². The topological polar surface area (TPSA) is 11.4 Å². The van der Waals surface area contributed by atoms with Crippen LogP contribution in [0.1, 0.15) is 233 Å². The molecule has 0 saturated heterocycles. The van der Waals surface area contributed by atoms with Crippen LogP contribution in [0, 0.1) is 0 Å². The van der Waals surface area contributed by atoms with Crippen molar-refractivity contribution in [1.29, 1.82) is 0 Å². The van der Waals surface area contributed by atoms with Crippen LogP contribution in [-0.4, -0.2) is 11.3 Å². The molecule has 5 heteroatoms. The number of thiophene rings is 1. The van der Waals surface area contributed by atoms with Crippen molar-refractivity contribution in [2.45, 2.75) is 232 Å². The predicted molar refractivity (Wildman–Crippen MR) is 395 cm³/mol. The third-order valence-corrected chi connectivity index (χ3v) is 25.8. The van der Waals surface area contributed by atoms with E-state index >= 15 is 0 Å². The Morgan fingerprint density at radius 2 is 0.846 bits per heavy atom. The van der Waals surface area contributed by atoms with Gasteiger partial charge in [-0.05, 0) is 233 Å². The smallest absolute Gasteiger partial charge is 0.264 e. The molecule has 7 aliphatic rings. The molecule has 1 saturated carbocycles. The molecule has 8 aromatic carbocycles. The van der Waals surface area contributed by atoms with Crippen molar-refractivity contribution in [1.82, 2.24) is 4.57 Å². The summed E-state index contributed by atoms with van der Waals surface area (Å²) >= 11 is 2.12.